The maximum atomic E-state index is 12.8. The number of thiophene rings is 1. The van der Waals surface area contributed by atoms with Crippen molar-refractivity contribution in [3.8, 4) is 0 Å². The molecule has 0 fully saturated rings. The highest BCUT2D eigenvalue weighted by Crippen LogP contribution is 2.12. The van der Waals surface area contributed by atoms with Gasteiger partial charge in [0.2, 0.25) is 0 Å². The van der Waals surface area contributed by atoms with Gasteiger partial charge >= 0.3 is 0 Å². The predicted molar refractivity (Wildman–Crippen MR) is 71.0 cm³/mol. The summed E-state index contributed by atoms with van der Waals surface area (Å²) in [6, 6.07) is 9.30. The van der Waals surface area contributed by atoms with Gasteiger partial charge in [0.15, 0.2) is 0 Å². The molecule has 0 radical (unpaired) electrons. The van der Waals surface area contributed by atoms with Crippen LogP contribution in [0.4, 0.5) is 4.39 Å². The first-order chi connectivity index (χ1) is 8.28. The van der Waals surface area contributed by atoms with Crippen molar-refractivity contribution in [1.82, 2.24) is 5.32 Å². The molecule has 3 heteroatoms. The first-order valence-electron chi connectivity index (χ1n) is 5.70. The standard InChI is InChI=1S/C14H16FNS/c1-16-14(9-12-6-7-17-10-12)8-11-2-4-13(15)5-3-11/h2-7,10,14,16H,8-9H2,1H3. The molecule has 1 aromatic carbocycles. The van der Waals surface area contributed by atoms with E-state index in [1.807, 2.05) is 19.2 Å². The van der Waals surface area contributed by atoms with E-state index in [-0.39, 0.29) is 5.82 Å². The number of rotatable bonds is 5. The summed E-state index contributed by atoms with van der Waals surface area (Å²) < 4.78 is 12.8. The molecule has 90 valence electrons. The molecule has 0 aliphatic rings. The monoisotopic (exact) mass is 249 g/mol. The Morgan fingerprint density at radius 1 is 1.12 bits per heavy atom. The molecule has 0 aliphatic heterocycles. The first kappa shape index (κ1) is 12.3. The summed E-state index contributed by atoms with van der Waals surface area (Å²) in [6.45, 7) is 0. The van der Waals surface area contributed by atoms with Crippen LogP contribution in [0.1, 0.15) is 11.1 Å². The highest BCUT2D eigenvalue weighted by Gasteiger charge is 2.08. The molecule has 0 bridgehead atoms. The van der Waals surface area contributed by atoms with Gasteiger partial charge in [-0.2, -0.15) is 11.3 Å². The summed E-state index contributed by atoms with van der Waals surface area (Å²) >= 11 is 1.72. The van der Waals surface area contributed by atoms with Gasteiger partial charge in [-0.1, -0.05) is 12.1 Å². The third kappa shape index (κ3) is 3.65. The van der Waals surface area contributed by atoms with Gasteiger partial charge in [-0.3, -0.25) is 0 Å². The van der Waals surface area contributed by atoms with Crippen LogP contribution in [0.15, 0.2) is 41.1 Å². The van der Waals surface area contributed by atoms with Crippen LogP contribution in [0.2, 0.25) is 0 Å². The number of likely N-dealkylation sites (N-methyl/N-ethyl adjacent to an activating group) is 1. The van der Waals surface area contributed by atoms with Crippen LogP contribution in [-0.4, -0.2) is 13.1 Å². The molecule has 1 nitrogen and oxygen atoms in total. The quantitative estimate of drug-likeness (QED) is 0.857. The van der Waals surface area contributed by atoms with E-state index in [0.29, 0.717) is 6.04 Å². The lowest BCUT2D eigenvalue weighted by atomic mass is 10.0. The maximum absolute atomic E-state index is 12.8. The Bertz CT molecular complexity index is 436. The van der Waals surface area contributed by atoms with E-state index in [9.17, 15) is 4.39 Å². The fourth-order valence-electron chi connectivity index (χ4n) is 1.87. The zero-order chi connectivity index (χ0) is 12.1. The van der Waals surface area contributed by atoms with Gasteiger partial charge in [0.25, 0.3) is 0 Å². The highest BCUT2D eigenvalue weighted by atomic mass is 32.1. The topological polar surface area (TPSA) is 12.0 Å². The van der Waals surface area contributed by atoms with E-state index < -0.39 is 0 Å². The Morgan fingerprint density at radius 2 is 1.82 bits per heavy atom. The van der Waals surface area contributed by atoms with Crippen LogP contribution in [0.5, 0.6) is 0 Å². The van der Waals surface area contributed by atoms with E-state index in [0.717, 1.165) is 12.8 Å². The Labute approximate surface area is 105 Å². The molecule has 0 saturated heterocycles. The van der Waals surface area contributed by atoms with E-state index in [4.69, 9.17) is 0 Å². The minimum atomic E-state index is -0.174. The minimum Gasteiger partial charge on any atom is -0.316 e. The summed E-state index contributed by atoms with van der Waals surface area (Å²) in [5, 5.41) is 7.59. The smallest absolute Gasteiger partial charge is 0.123 e. The summed E-state index contributed by atoms with van der Waals surface area (Å²) in [6.07, 6.45) is 1.93. The Morgan fingerprint density at radius 3 is 2.41 bits per heavy atom. The molecular formula is C14H16FNS. The van der Waals surface area contributed by atoms with Crippen LogP contribution in [0.25, 0.3) is 0 Å². The number of nitrogens with one attached hydrogen (secondary N) is 1. The minimum absolute atomic E-state index is 0.174. The summed E-state index contributed by atoms with van der Waals surface area (Å²) in [5.74, 6) is -0.174. The summed E-state index contributed by atoms with van der Waals surface area (Å²) in [7, 11) is 1.97. The van der Waals surface area contributed by atoms with Gasteiger partial charge < -0.3 is 5.32 Å². The summed E-state index contributed by atoms with van der Waals surface area (Å²) in [4.78, 5) is 0. The molecule has 2 rings (SSSR count). The Balaban J connectivity index is 1.97. The molecular weight excluding hydrogens is 233 g/mol. The van der Waals surface area contributed by atoms with Gasteiger partial charge in [-0.25, -0.2) is 4.39 Å². The van der Waals surface area contributed by atoms with Crippen LogP contribution < -0.4 is 5.32 Å². The van der Waals surface area contributed by atoms with Crippen LogP contribution in [0.3, 0.4) is 0 Å². The van der Waals surface area contributed by atoms with Gasteiger partial charge in [0.1, 0.15) is 5.82 Å². The molecule has 0 aliphatic carbocycles. The fraction of sp³-hybridized carbons (Fsp3) is 0.286. The molecule has 1 N–H and O–H groups in total. The zero-order valence-corrected chi connectivity index (χ0v) is 10.6. The van der Waals surface area contributed by atoms with Crippen molar-refractivity contribution >= 4 is 11.3 Å². The highest BCUT2D eigenvalue weighted by molar-refractivity contribution is 7.07. The van der Waals surface area contributed by atoms with Crippen molar-refractivity contribution < 1.29 is 4.39 Å². The lowest BCUT2D eigenvalue weighted by Gasteiger charge is -2.15. The van der Waals surface area contributed by atoms with Crippen LogP contribution in [0, 0.1) is 5.82 Å². The van der Waals surface area contributed by atoms with E-state index in [1.165, 1.54) is 23.3 Å². The number of benzene rings is 1. The maximum Gasteiger partial charge on any atom is 0.123 e. The SMILES string of the molecule is CNC(Cc1ccc(F)cc1)Cc1ccsc1. The first-order valence-corrected chi connectivity index (χ1v) is 6.65. The zero-order valence-electron chi connectivity index (χ0n) is 9.82. The van der Waals surface area contributed by atoms with Crippen molar-refractivity contribution in [3.05, 3.63) is 58.0 Å². The molecule has 1 heterocycles. The normalized spacial score (nSPS) is 12.6. The number of hydrogen-bond donors (Lipinski definition) is 1. The second-order valence-corrected chi connectivity index (χ2v) is 4.93. The van der Waals surface area contributed by atoms with Gasteiger partial charge in [-0.15, -0.1) is 0 Å². The number of hydrogen-bond acceptors (Lipinski definition) is 2. The average Bonchev–Trinajstić information content (AvgIpc) is 2.84. The molecule has 0 spiro atoms. The van der Waals surface area contributed by atoms with Crippen LogP contribution >= 0.6 is 11.3 Å². The van der Waals surface area contributed by atoms with Crippen LogP contribution in [-0.2, 0) is 12.8 Å². The third-order valence-corrected chi connectivity index (χ3v) is 3.60. The van der Waals surface area contributed by atoms with Crippen molar-refractivity contribution in [2.24, 2.45) is 0 Å². The van der Waals surface area contributed by atoms with Gasteiger partial charge in [0.05, 0.1) is 0 Å². The van der Waals surface area contributed by atoms with E-state index >= 15 is 0 Å². The fourth-order valence-corrected chi connectivity index (χ4v) is 2.56. The second-order valence-electron chi connectivity index (χ2n) is 4.15. The van der Waals surface area contributed by atoms with Crippen molar-refractivity contribution in [2.45, 2.75) is 18.9 Å². The van der Waals surface area contributed by atoms with Crippen molar-refractivity contribution in [2.75, 3.05) is 7.05 Å². The number of halogens is 1. The molecule has 1 unspecified atom stereocenters. The lowest BCUT2D eigenvalue weighted by molar-refractivity contribution is 0.556. The molecule has 1 aromatic heterocycles. The molecule has 0 amide bonds. The average molecular weight is 249 g/mol. The van der Waals surface area contributed by atoms with Crippen molar-refractivity contribution in [3.63, 3.8) is 0 Å². The van der Waals surface area contributed by atoms with Gasteiger partial charge in [0, 0.05) is 6.04 Å². The largest absolute Gasteiger partial charge is 0.316 e. The second kappa shape index (κ2) is 5.94. The van der Waals surface area contributed by atoms with E-state index in [2.05, 4.69) is 22.1 Å². The molecule has 1 atom stereocenters. The van der Waals surface area contributed by atoms with Crippen molar-refractivity contribution in [1.29, 1.82) is 0 Å². The Kier molecular flexibility index (Phi) is 4.29. The predicted octanol–water partition coefficient (Wildman–Crippen LogP) is 3.26. The molecule has 2 aromatic rings. The summed E-state index contributed by atoms with van der Waals surface area (Å²) in [5.41, 5.74) is 2.53. The molecule has 0 saturated carbocycles. The van der Waals surface area contributed by atoms with Gasteiger partial charge in [-0.05, 0) is 60.0 Å². The Hall–Kier alpha value is -1.19. The lowest BCUT2D eigenvalue weighted by Crippen LogP contribution is -2.29. The third-order valence-electron chi connectivity index (χ3n) is 2.87. The molecule has 17 heavy (non-hydrogen) atoms. The van der Waals surface area contributed by atoms with E-state index in [1.54, 1.807) is 11.3 Å².